The molecular formula is C15H21BrN2. The molecule has 0 aliphatic carbocycles. The molecule has 1 heterocycles. The van der Waals surface area contributed by atoms with E-state index in [0.717, 1.165) is 19.6 Å². The molecule has 1 N–H and O–H groups in total. The maximum Gasteiger partial charge on any atom is 0.0596 e. The van der Waals surface area contributed by atoms with Crippen LogP contribution in [0.2, 0.25) is 0 Å². The van der Waals surface area contributed by atoms with Gasteiger partial charge in [0.05, 0.1) is 11.7 Å². The molecule has 2 rings (SSSR count). The fourth-order valence-corrected chi connectivity index (χ4v) is 2.97. The maximum atomic E-state index is 3.94. The highest BCUT2D eigenvalue weighted by Crippen LogP contribution is 2.31. The number of hydrogen-bond donors (Lipinski definition) is 1. The quantitative estimate of drug-likeness (QED) is 0.859. The molecule has 0 amide bonds. The van der Waals surface area contributed by atoms with Crippen LogP contribution in [0.3, 0.4) is 0 Å². The molecule has 1 fully saturated rings. The van der Waals surface area contributed by atoms with Gasteiger partial charge >= 0.3 is 0 Å². The lowest BCUT2D eigenvalue weighted by molar-refractivity contribution is 0.529. The largest absolute Gasteiger partial charge is 0.362 e. The molecule has 1 aromatic carbocycles. The summed E-state index contributed by atoms with van der Waals surface area (Å²) in [6, 6.07) is 7.07. The lowest BCUT2D eigenvalue weighted by atomic mass is 10.0. The highest BCUT2D eigenvalue weighted by molar-refractivity contribution is 9.10. The van der Waals surface area contributed by atoms with E-state index in [9.17, 15) is 0 Å². The van der Waals surface area contributed by atoms with Crippen molar-refractivity contribution in [2.24, 2.45) is 0 Å². The second-order valence-electron chi connectivity index (χ2n) is 5.07. The van der Waals surface area contributed by atoms with Gasteiger partial charge in [-0.05, 0) is 39.5 Å². The van der Waals surface area contributed by atoms with Gasteiger partial charge in [0.1, 0.15) is 0 Å². The van der Waals surface area contributed by atoms with E-state index in [1.54, 1.807) is 0 Å². The zero-order valence-electron chi connectivity index (χ0n) is 11.1. The molecule has 1 aromatic rings. The molecule has 1 saturated heterocycles. The maximum absolute atomic E-state index is 3.94. The molecule has 0 spiro atoms. The van der Waals surface area contributed by atoms with Crippen LogP contribution in [-0.2, 0) is 0 Å². The van der Waals surface area contributed by atoms with Gasteiger partial charge in [-0.15, -0.1) is 6.58 Å². The first-order chi connectivity index (χ1) is 8.63. The topological polar surface area (TPSA) is 15.3 Å². The Labute approximate surface area is 118 Å². The van der Waals surface area contributed by atoms with Gasteiger partial charge in [0.25, 0.3) is 0 Å². The van der Waals surface area contributed by atoms with Crippen LogP contribution in [-0.4, -0.2) is 25.7 Å². The molecule has 0 saturated carbocycles. The van der Waals surface area contributed by atoms with E-state index < -0.39 is 0 Å². The summed E-state index contributed by atoms with van der Waals surface area (Å²) in [6.07, 6.45) is 2.02. The average molecular weight is 309 g/mol. The normalized spacial score (nSPS) is 20.2. The van der Waals surface area contributed by atoms with Crippen molar-refractivity contribution < 1.29 is 0 Å². The van der Waals surface area contributed by atoms with Crippen LogP contribution < -0.4 is 10.2 Å². The summed E-state index contributed by atoms with van der Waals surface area (Å²) < 4.78 is 1.18. The van der Waals surface area contributed by atoms with Gasteiger partial charge in [0.2, 0.25) is 0 Å². The first kappa shape index (κ1) is 13.6. The molecule has 1 atom stereocenters. The molecule has 0 aromatic heterocycles. The van der Waals surface area contributed by atoms with Gasteiger partial charge < -0.3 is 10.2 Å². The van der Waals surface area contributed by atoms with Crippen molar-refractivity contribution in [2.75, 3.05) is 24.5 Å². The van der Waals surface area contributed by atoms with Gasteiger partial charge in [0, 0.05) is 24.1 Å². The van der Waals surface area contributed by atoms with Crippen molar-refractivity contribution in [1.82, 2.24) is 5.32 Å². The van der Waals surface area contributed by atoms with E-state index >= 15 is 0 Å². The SMILES string of the molecule is C=C[C@H]1CNCCN1c1ccc(C(C)C)cc1Br. The minimum Gasteiger partial charge on any atom is -0.362 e. The molecule has 18 heavy (non-hydrogen) atoms. The van der Waals surface area contributed by atoms with Crippen LogP contribution in [0.5, 0.6) is 0 Å². The summed E-state index contributed by atoms with van der Waals surface area (Å²) >= 11 is 3.71. The summed E-state index contributed by atoms with van der Waals surface area (Å²) in [5, 5.41) is 3.41. The fourth-order valence-electron chi connectivity index (χ4n) is 2.35. The van der Waals surface area contributed by atoms with E-state index in [0.29, 0.717) is 12.0 Å². The third kappa shape index (κ3) is 2.78. The number of piperazine rings is 1. The van der Waals surface area contributed by atoms with Crippen molar-refractivity contribution in [2.45, 2.75) is 25.8 Å². The summed E-state index contributed by atoms with van der Waals surface area (Å²) in [5.41, 5.74) is 2.64. The van der Waals surface area contributed by atoms with Gasteiger partial charge in [-0.2, -0.15) is 0 Å². The molecule has 0 unspecified atom stereocenters. The summed E-state index contributed by atoms with van der Waals surface area (Å²) in [5.74, 6) is 0.563. The second-order valence-corrected chi connectivity index (χ2v) is 5.92. The van der Waals surface area contributed by atoms with Crippen LogP contribution in [0.25, 0.3) is 0 Å². The molecule has 1 aliphatic heterocycles. The molecular weight excluding hydrogens is 288 g/mol. The van der Waals surface area contributed by atoms with E-state index in [-0.39, 0.29) is 0 Å². The van der Waals surface area contributed by atoms with Gasteiger partial charge in [-0.1, -0.05) is 26.0 Å². The minimum atomic E-state index is 0.375. The first-order valence-electron chi connectivity index (χ1n) is 6.53. The molecule has 2 nitrogen and oxygen atoms in total. The standard InChI is InChI=1S/C15H21BrN2/c1-4-13-10-17-7-8-18(13)15-6-5-12(11(2)3)9-14(15)16/h4-6,9,11,13,17H,1,7-8,10H2,2-3H3/t13-/m0/s1. The highest BCUT2D eigenvalue weighted by atomic mass is 79.9. The van der Waals surface area contributed by atoms with E-state index in [2.05, 4.69) is 64.8 Å². The molecule has 0 radical (unpaired) electrons. The van der Waals surface area contributed by atoms with Gasteiger partial charge in [-0.25, -0.2) is 0 Å². The van der Waals surface area contributed by atoms with Gasteiger partial charge in [-0.3, -0.25) is 0 Å². The Bertz CT molecular complexity index is 429. The van der Waals surface area contributed by atoms with Crippen molar-refractivity contribution in [3.8, 4) is 0 Å². The average Bonchev–Trinajstić information content (AvgIpc) is 2.38. The number of halogens is 1. The number of nitrogens with one attached hydrogen (secondary N) is 1. The lowest BCUT2D eigenvalue weighted by Gasteiger charge is -2.37. The molecule has 98 valence electrons. The summed E-state index contributed by atoms with van der Waals surface area (Å²) in [6.45, 7) is 11.4. The summed E-state index contributed by atoms with van der Waals surface area (Å²) in [7, 11) is 0. The van der Waals surface area contributed by atoms with Crippen LogP contribution >= 0.6 is 15.9 Å². The zero-order chi connectivity index (χ0) is 13.1. The van der Waals surface area contributed by atoms with E-state index in [1.807, 2.05) is 6.08 Å². The van der Waals surface area contributed by atoms with E-state index in [1.165, 1.54) is 15.7 Å². The Morgan fingerprint density at radius 2 is 2.28 bits per heavy atom. The third-order valence-corrected chi connectivity index (χ3v) is 4.14. The monoisotopic (exact) mass is 308 g/mol. The molecule has 0 bridgehead atoms. The Hall–Kier alpha value is -0.800. The van der Waals surface area contributed by atoms with Crippen LogP contribution in [0.15, 0.2) is 35.3 Å². The molecule has 3 heteroatoms. The number of hydrogen-bond acceptors (Lipinski definition) is 2. The number of rotatable bonds is 3. The van der Waals surface area contributed by atoms with Crippen molar-refractivity contribution in [3.05, 3.63) is 40.9 Å². The second kappa shape index (κ2) is 5.89. The number of anilines is 1. The predicted octanol–water partition coefficient (Wildman–Crippen LogP) is 3.54. The first-order valence-corrected chi connectivity index (χ1v) is 7.32. The van der Waals surface area contributed by atoms with Crippen molar-refractivity contribution >= 4 is 21.6 Å². The van der Waals surface area contributed by atoms with Gasteiger partial charge in [0.15, 0.2) is 0 Å². The Morgan fingerprint density at radius 1 is 1.50 bits per heavy atom. The van der Waals surface area contributed by atoms with Crippen LogP contribution in [0.4, 0.5) is 5.69 Å². The Balaban J connectivity index is 2.29. The lowest BCUT2D eigenvalue weighted by Crippen LogP contribution is -2.50. The number of nitrogens with zero attached hydrogens (tertiary/aromatic N) is 1. The minimum absolute atomic E-state index is 0.375. The molecule has 1 aliphatic rings. The van der Waals surface area contributed by atoms with Crippen LogP contribution in [0.1, 0.15) is 25.3 Å². The predicted molar refractivity (Wildman–Crippen MR) is 82.4 cm³/mol. The van der Waals surface area contributed by atoms with E-state index in [4.69, 9.17) is 0 Å². The Kier molecular flexibility index (Phi) is 4.46. The van der Waals surface area contributed by atoms with Crippen molar-refractivity contribution in [3.63, 3.8) is 0 Å². The van der Waals surface area contributed by atoms with Crippen molar-refractivity contribution in [1.29, 1.82) is 0 Å². The highest BCUT2D eigenvalue weighted by Gasteiger charge is 2.21. The zero-order valence-corrected chi connectivity index (χ0v) is 12.7. The fraction of sp³-hybridized carbons (Fsp3) is 0.467. The van der Waals surface area contributed by atoms with Crippen LogP contribution in [0, 0.1) is 0 Å². The summed E-state index contributed by atoms with van der Waals surface area (Å²) in [4.78, 5) is 2.41. The number of benzene rings is 1. The third-order valence-electron chi connectivity index (χ3n) is 3.50. The smallest absolute Gasteiger partial charge is 0.0596 e. The Morgan fingerprint density at radius 3 is 2.89 bits per heavy atom.